The second-order valence-corrected chi connectivity index (χ2v) is 5.37. The molecule has 110 valence electrons. The van der Waals surface area contributed by atoms with E-state index in [1.807, 2.05) is 6.92 Å². The van der Waals surface area contributed by atoms with Crippen LogP contribution in [0.5, 0.6) is 0 Å². The van der Waals surface area contributed by atoms with Gasteiger partial charge >= 0.3 is 6.03 Å². The molecule has 7 heteroatoms. The summed E-state index contributed by atoms with van der Waals surface area (Å²) in [6, 6.07) is 1.84. The molecule has 0 atom stereocenters. The van der Waals surface area contributed by atoms with E-state index in [0.29, 0.717) is 11.5 Å². The summed E-state index contributed by atoms with van der Waals surface area (Å²) in [7, 11) is 0. The smallest absolute Gasteiger partial charge is 0.320 e. The molecular weight excluding hydrogens is 268 g/mol. The first kappa shape index (κ1) is 13.5. The van der Waals surface area contributed by atoms with Gasteiger partial charge in [0.2, 0.25) is 5.95 Å². The van der Waals surface area contributed by atoms with Crippen LogP contribution in [0, 0.1) is 6.92 Å². The van der Waals surface area contributed by atoms with Crippen LogP contribution in [0.4, 0.5) is 16.6 Å². The number of pyridine rings is 1. The highest BCUT2D eigenvalue weighted by atomic mass is 16.2. The number of carbonyl (C=O) groups is 1. The minimum atomic E-state index is -0.227. The van der Waals surface area contributed by atoms with Crippen molar-refractivity contribution in [3.63, 3.8) is 0 Å². The monoisotopic (exact) mass is 286 g/mol. The lowest BCUT2D eigenvalue weighted by Gasteiger charge is -2.13. The van der Waals surface area contributed by atoms with Crippen LogP contribution in [0.2, 0.25) is 0 Å². The molecule has 2 aromatic rings. The van der Waals surface area contributed by atoms with Gasteiger partial charge in [-0.05, 0) is 31.4 Å². The third kappa shape index (κ3) is 3.01. The summed E-state index contributed by atoms with van der Waals surface area (Å²) in [5.74, 6) is 0.635. The molecule has 4 N–H and O–H groups in total. The Morgan fingerprint density at radius 3 is 2.86 bits per heavy atom. The number of hydrogen-bond donors (Lipinski definition) is 3. The van der Waals surface area contributed by atoms with Gasteiger partial charge in [-0.2, -0.15) is 4.98 Å². The number of hydrogen-bond acceptors (Lipinski definition) is 5. The number of nitrogens with two attached hydrogens (primary N) is 1. The summed E-state index contributed by atoms with van der Waals surface area (Å²) in [4.78, 5) is 24.3. The predicted octanol–water partition coefficient (Wildman–Crippen LogP) is 1.98. The number of nitrogen functional groups attached to an aromatic ring is 1. The highest BCUT2D eigenvalue weighted by molar-refractivity contribution is 5.90. The second kappa shape index (κ2) is 5.51. The average Bonchev–Trinajstić information content (AvgIpc) is 2.90. The van der Waals surface area contributed by atoms with E-state index in [9.17, 15) is 4.79 Å². The Morgan fingerprint density at radius 1 is 1.33 bits per heavy atom. The topological polar surface area (TPSA) is 106 Å². The van der Waals surface area contributed by atoms with Crippen LogP contribution in [0.1, 0.15) is 31.2 Å². The summed E-state index contributed by atoms with van der Waals surface area (Å²) in [5, 5.41) is 6.54. The Hall–Kier alpha value is -2.44. The summed E-state index contributed by atoms with van der Waals surface area (Å²) >= 11 is 0. The number of nitrogens with one attached hydrogen (secondary N) is 2. The molecule has 0 spiro atoms. The fraction of sp³-hybridized carbons (Fsp3) is 0.429. The fourth-order valence-corrected chi connectivity index (χ4v) is 2.65. The maximum Gasteiger partial charge on any atom is 0.320 e. The number of amides is 2. The lowest BCUT2D eigenvalue weighted by atomic mass is 10.2. The SMILES string of the molecule is Cc1cc(NC(=O)NC2CCCC2)nc2nc(N)ncc12. The molecule has 0 aliphatic heterocycles. The van der Waals surface area contributed by atoms with Gasteiger partial charge in [0.15, 0.2) is 5.65 Å². The average molecular weight is 286 g/mol. The van der Waals surface area contributed by atoms with Crippen LogP contribution in [0.15, 0.2) is 12.3 Å². The van der Waals surface area contributed by atoms with E-state index in [2.05, 4.69) is 25.6 Å². The van der Waals surface area contributed by atoms with Crippen molar-refractivity contribution in [3.05, 3.63) is 17.8 Å². The van der Waals surface area contributed by atoms with E-state index in [1.165, 1.54) is 12.8 Å². The van der Waals surface area contributed by atoms with Gasteiger partial charge in [-0.3, -0.25) is 5.32 Å². The molecule has 1 aliphatic carbocycles. The van der Waals surface area contributed by atoms with Gasteiger partial charge in [-0.25, -0.2) is 14.8 Å². The van der Waals surface area contributed by atoms with Gasteiger partial charge in [0.25, 0.3) is 0 Å². The number of carbonyl (C=O) groups excluding carboxylic acids is 1. The Bertz CT molecular complexity index is 680. The zero-order chi connectivity index (χ0) is 14.8. The highest BCUT2D eigenvalue weighted by Gasteiger charge is 2.17. The van der Waals surface area contributed by atoms with Crippen molar-refractivity contribution in [2.75, 3.05) is 11.1 Å². The number of anilines is 2. The van der Waals surface area contributed by atoms with Crippen molar-refractivity contribution < 1.29 is 4.79 Å². The summed E-state index contributed by atoms with van der Waals surface area (Å²) < 4.78 is 0. The zero-order valence-electron chi connectivity index (χ0n) is 11.9. The van der Waals surface area contributed by atoms with Crippen molar-refractivity contribution in [2.45, 2.75) is 38.6 Å². The number of nitrogens with zero attached hydrogens (tertiary/aromatic N) is 3. The van der Waals surface area contributed by atoms with E-state index in [0.717, 1.165) is 23.8 Å². The quantitative estimate of drug-likeness (QED) is 0.782. The molecule has 0 radical (unpaired) electrons. The van der Waals surface area contributed by atoms with Gasteiger partial charge in [-0.1, -0.05) is 12.8 Å². The molecule has 2 heterocycles. The van der Waals surface area contributed by atoms with E-state index >= 15 is 0 Å². The Labute approximate surface area is 122 Å². The first-order valence-corrected chi connectivity index (χ1v) is 7.09. The fourth-order valence-electron chi connectivity index (χ4n) is 2.65. The molecule has 0 aromatic carbocycles. The van der Waals surface area contributed by atoms with Crippen molar-refractivity contribution in [2.24, 2.45) is 0 Å². The lowest BCUT2D eigenvalue weighted by molar-refractivity contribution is 0.248. The maximum absolute atomic E-state index is 12.0. The van der Waals surface area contributed by atoms with Gasteiger partial charge in [-0.15, -0.1) is 0 Å². The van der Waals surface area contributed by atoms with Crippen LogP contribution in [0.3, 0.4) is 0 Å². The number of fused-ring (bicyclic) bond motifs is 1. The number of aryl methyl sites for hydroxylation is 1. The van der Waals surface area contributed by atoms with Gasteiger partial charge < -0.3 is 11.1 Å². The van der Waals surface area contributed by atoms with Gasteiger partial charge in [0.1, 0.15) is 5.82 Å². The van der Waals surface area contributed by atoms with Crippen molar-refractivity contribution >= 4 is 28.8 Å². The molecule has 0 unspecified atom stereocenters. The summed E-state index contributed by atoms with van der Waals surface area (Å²) in [6.07, 6.45) is 6.08. The summed E-state index contributed by atoms with van der Waals surface area (Å²) in [5.41, 5.74) is 7.00. The van der Waals surface area contributed by atoms with Crippen LogP contribution >= 0.6 is 0 Å². The zero-order valence-corrected chi connectivity index (χ0v) is 11.9. The van der Waals surface area contributed by atoms with Gasteiger partial charge in [0.05, 0.1) is 0 Å². The molecule has 1 aliphatic rings. The third-order valence-electron chi connectivity index (χ3n) is 3.72. The molecule has 3 rings (SSSR count). The molecule has 0 bridgehead atoms. The normalized spacial score (nSPS) is 15.3. The highest BCUT2D eigenvalue weighted by Crippen LogP contribution is 2.20. The van der Waals surface area contributed by atoms with Crippen molar-refractivity contribution in [1.82, 2.24) is 20.3 Å². The first-order chi connectivity index (χ1) is 10.1. The van der Waals surface area contributed by atoms with Crippen LogP contribution in [0.25, 0.3) is 11.0 Å². The summed E-state index contributed by atoms with van der Waals surface area (Å²) in [6.45, 7) is 1.92. The van der Waals surface area contributed by atoms with E-state index in [4.69, 9.17) is 5.73 Å². The third-order valence-corrected chi connectivity index (χ3v) is 3.72. The van der Waals surface area contributed by atoms with E-state index in [-0.39, 0.29) is 18.0 Å². The molecule has 1 fully saturated rings. The molecule has 7 nitrogen and oxygen atoms in total. The molecule has 21 heavy (non-hydrogen) atoms. The Morgan fingerprint density at radius 2 is 2.10 bits per heavy atom. The van der Waals surface area contributed by atoms with E-state index < -0.39 is 0 Å². The molecule has 2 amide bonds. The van der Waals surface area contributed by atoms with Crippen molar-refractivity contribution in [1.29, 1.82) is 0 Å². The standard InChI is InChI=1S/C14H18N6O/c1-8-6-11(18-12-10(8)7-16-13(15)20-12)19-14(21)17-9-4-2-3-5-9/h6-7,9H,2-5H2,1H3,(H4,15,16,17,18,19,20,21). The van der Waals surface area contributed by atoms with Crippen LogP contribution in [-0.2, 0) is 0 Å². The first-order valence-electron chi connectivity index (χ1n) is 7.09. The Kier molecular flexibility index (Phi) is 3.55. The molecule has 0 saturated heterocycles. The second-order valence-electron chi connectivity index (χ2n) is 5.37. The van der Waals surface area contributed by atoms with Crippen molar-refractivity contribution in [3.8, 4) is 0 Å². The number of urea groups is 1. The minimum Gasteiger partial charge on any atom is -0.368 e. The van der Waals surface area contributed by atoms with E-state index in [1.54, 1.807) is 12.3 Å². The number of aromatic nitrogens is 3. The molecule has 2 aromatic heterocycles. The Balaban J connectivity index is 1.78. The number of rotatable bonds is 2. The lowest BCUT2D eigenvalue weighted by Crippen LogP contribution is -2.36. The molecular formula is C14H18N6O. The predicted molar refractivity (Wildman–Crippen MR) is 80.9 cm³/mol. The van der Waals surface area contributed by atoms with Crippen LogP contribution < -0.4 is 16.4 Å². The minimum absolute atomic E-state index is 0.168. The van der Waals surface area contributed by atoms with Gasteiger partial charge in [0, 0.05) is 17.6 Å². The largest absolute Gasteiger partial charge is 0.368 e. The van der Waals surface area contributed by atoms with Crippen LogP contribution in [-0.4, -0.2) is 27.0 Å². The maximum atomic E-state index is 12.0. The molecule has 1 saturated carbocycles.